The number of hydrogen-bond donors (Lipinski definition) is 7. The number of rotatable bonds is 11. The fraction of sp³-hybridized carbons (Fsp3) is 0.0968. The molecule has 13 nitrogen and oxygen atoms in total. The summed E-state index contributed by atoms with van der Waals surface area (Å²) in [5.41, 5.74) is -0.539. The second-order valence-corrected chi connectivity index (χ2v) is 11.4. The van der Waals surface area contributed by atoms with Crippen LogP contribution in [0, 0.1) is 5.82 Å². The number of carboxylic acid groups (broad SMARTS) is 2. The molecule has 0 radical (unpaired) electrons. The van der Waals surface area contributed by atoms with Gasteiger partial charge in [-0.3, -0.25) is 9.59 Å². The molecule has 4 aromatic carbocycles. The van der Waals surface area contributed by atoms with Gasteiger partial charge in [-0.15, -0.1) is 0 Å². The molecule has 4 aromatic rings. The summed E-state index contributed by atoms with van der Waals surface area (Å²) in [7, 11) is -4.28. The highest BCUT2D eigenvalue weighted by Crippen LogP contribution is 2.31. The number of hydrogen-bond acceptors (Lipinski definition) is 8. The van der Waals surface area contributed by atoms with Crippen molar-refractivity contribution in [3.63, 3.8) is 0 Å². The first-order chi connectivity index (χ1) is 21.7. The molecule has 0 aliphatic rings. The number of aromatic carboxylic acids is 2. The molecular weight excluding hydrogens is 625 g/mol. The molecule has 4 rings (SSSR count). The van der Waals surface area contributed by atoms with E-state index < -0.39 is 45.9 Å². The largest absolute Gasteiger partial charge is 0.478 e. The van der Waals surface area contributed by atoms with Crippen molar-refractivity contribution < 1.29 is 52.4 Å². The topological polar surface area (TPSA) is 233 Å². The maximum atomic E-state index is 13.9. The van der Waals surface area contributed by atoms with Crippen LogP contribution in [0.3, 0.4) is 0 Å². The van der Waals surface area contributed by atoms with Gasteiger partial charge < -0.3 is 31.1 Å². The van der Waals surface area contributed by atoms with Crippen LogP contribution in [0.2, 0.25) is 0 Å². The van der Waals surface area contributed by atoms with Crippen LogP contribution in [-0.4, -0.2) is 52.6 Å². The summed E-state index contributed by atoms with van der Waals surface area (Å²) in [5, 5.41) is 48.8. The number of carbonyl (C=O) groups is 4. The van der Waals surface area contributed by atoms with Crippen LogP contribution < -0.4 is 15.8 Å². The predicted octanol–water partition coefficient (Wildman–Crippen LogP) is 2.38. The van der Waals surface area contributed by atoms with Crippen molar-refractivity contribution in [2.24, 2.45) is 5.14 Å². The number of primary sulfonamides is 1. The molecule has 0 aliphatic carbocycles. The van der Waals surface area contributed by atoms with E-state index in [9.17, 15) is 52.4 Å². The third kappa shape index (κ3) is 7.59. The van der Waals surface area contributed by atoms with Crippen molar-refractivity contribution in [3.8, 4) is 11.1 Å². The maximum Gasteiger partial charge on any atom is 0.336 e. The monoisotopic (exact) mass is 651 g/mol. The molecule has 46 heavy (non-hydrogen) atoms. The Morgan fingerprint density at radius 2 is 1.28 bits per heavy atom. The lowest BCUT2D eigenvalue weighted by Gasteiger charge is -2.18. The Balaban J connectivity index is 1.76. The first kappa shape index (κ1) is 33.4. The Morgan fingerprint density at radius 3 is 1.85 bits per heavy atom. The van der Waals surface area contributed by atoms with E-state index in [1.165, 1.54) is 54.6 Å². The first-order valence-corrected chi connectivity index (χ1v) is 14.8. The van der Waals surface area contributed by atoms with Gasteiger partial charge in [0.2, 0.25) is 10.0 Å². The number of nitrogens with two attached hydrogens (primary N) is 1. The number of amides is 2. The molecule has 0 unspecified atom stereocenters. The number of carboxylic acids is 2. The minimum absolute atomic E-state index is 0.0999. The summed E-state index contributed by atoms with van der Waals surface area (Å²) < 4.78 is 38.4. The van der Waals surface area contributed by atoms with Crippen LogP contribution in [0.5, 0.6) is 0 Å². The summed E-state index contributed by atoms with van der Waals surface area (Å²) in [6, 6.07) is 15.7. The zero-order valence-corrected chi connectivity index (χ0v) is 24.4. The Morgan fingerprint density at radius 1 is 0.717 bits per heavy atom. The number of carbonyl (C=O) groups excluding carboxylic acids is 2. The highest BCUT2D eigenvalue weighted by molar-refractivity contribution is 7.89. The number of halogens is 1. The van der Waals surface area contributed by atoms with Crippen LogP contribution in [0.25, 0.3) is 11.1 Å². The third-order valence-electron chi connectivity index (χ3n) is 6.88. The van der Waals surface area contributed by atoms with Crippen molar-refractivity contribution in [3.05, 3.63) is 124 Å². The lowest BCUT2D eigenvalue weighted by molar-refractivity contribution is -0.0430. The van der Waals surface area contributed by atoms with Gasteiger partial charge >= 0.3 is 11.9 Å². The smallest absolute Gasteiger partial charge is 0.336 e. The van der Waals surface area contributed by atoms with E-state index >= 15 is 0 Å². The Labute approximate surface area is 260 Å². The molecule has 0 fully saturated rings. The van der Waals surface area contributed by atoms with Crippen molar-refractivity contribution in [1.29, 1.82) is 0 Å². The van der Waals surface area contributed by atoms with E-state index in [2.05, 4.69) is 10.6 Å². The quantitative estimate of drug-likeness (QED) is 0.117. The van der Waals surface area contributed by atoms with E-state index in [-0.39, 0.29) is 68.1 Å². The Hall–Kier alpha value is -5.48. The van der Waals surface area contributed by atoms with E-state index in [1.54, 1.807) is 0 Å². The minimum Gasteiger partial charge on any atom is -0.478 e. The van der Waals surface area contributed by atoms with Gasteiger partial charge in [-0.05, 0) is 70.8 Å². The molecule has 0 saturated carbocycles. The van der Waals surface area contributed by atoms with Crippen LogP contribution in [0.1, 0.15) is 64.4 Å². The maximum absolute atomic E-state index is 13.9. The lowest BCUT2D eigenvalue weighted by atomic mass is 9.93. The molecule has 0 atom stereocenters. The molecule has 15 heteroatoms. The highest BCUT2D eigenvalue weighted by Gasteiger charge is 2.21. The molecule has 2 amide bonds. The van der Waals surface area contributed by atoms with Gasteiger partial charge in [0.1, 0.15) is 5.82 Å². The average Bonchev–Trinajstić information content (AvgIpc) is 3.01. The van der Waals surface area contributed by atoms with E-state index in [0.717, 1.165) is 24.3 Å². The predicted molar refractivity (Wildman–Crippen MR) is 160 cm³/mol. The fourth-order valence-corrected chi connectivity index (χ4v) is 5.15. The van der Waals surface area contributed by atoms with Crippen LogP contribution >= 0.6 is 0 Å². The van der Waals surface area contributed by atoms with E-state index in [0.29, 0.717) is 0 Å². The standard InChI is InChI=1S/C31H26FN3O10S/c32-19-8-10-23(31(42)43)26(12-19)28(37)35-14-17-6-5-16(29(38)39)11-24(17)25-13-20(46(33,44)45)9-7-18(25)15-34-27(36)21-3-1-2-4-22(21)30(40)41/h1-13,31,42-43H,14-15H2,(H,34,36)(H,35,37)(H,38,39)(H,40,41)(H2,33,44,45). The first-order valence-electron chi connectivity index (χ1n) is 13.2. The number of benzene rings is 4. The second-order valence-electron chi connectivity index (χ2n) is 9.86. The Bertz CT molecular complexity index is 1980. The van der Waals surface area contributed by atoms with Crippen LogP contribution in [0.4, 0.5) is 4.39 Å². The molecule has 238 valence electrons. The van der Waals surface area contributed by atoms with Crippen molar-refractivity contribution in [2.75, 3.05) is 0 Å². The zero-order chi connectivity index (χ0) is 33.8. The molecule has 0 spiro atoms. The van der Waals surface area contributed by atoms with Gasteiger partial charge in [-0.25, -0.2) is 27.5 Å². The summed E-state index contributed by atoms with van der Waals surface area (Å²) in [6.07, 6.45) is -2.09. The summed E-state index contributed by atoms with van der Waals surface area (Å²) in [4.78, 5) is 49.1. The van der Waals surface area contributed by atoms with Gasteiger partial charge in [0, 0.05) is 18.7 Å². The number of nitrogens with one attached hydrogen (secondary N) is 2. The van der Waals surface area contributed by atoms with E-state index in [4.69, 9.17) is 5.14 Å². The molecule has 0 aliphatic heterocycles. The van der Waals surface area contributed by atoms with Crippen molar-refractivity contribution >= 4 is 33.8 Å². The molecule has 0 bridgehead atoms. The summed E-state index contributed by atoms with van der Waals surface area (Å²) in [5.74, 6) is -5.15. The van der Waals surface area contributed by atoms with Gasteiger partial charge in [0.15, 0.2) is 6.29 Å². The van der Waals surface area contributed by atoms with E-state index in [1.807, 2.05) is 0 Å². The SMILES string of the molecule is NS(=O)(=O)c1ccc(CNC(=O)c2ccccc2C(=O)O)c(-c2cc(C(=O)O)ccc2CNC(=O)c2cc(F)ccc2C(O)O)c1. The average molecular weight is 652 g/mol. The highest BCUT2D eigenvalue weighted by atomic mass is 32.2. The number of aliphatic hydroxyl groups is 2. The molecule has 0 heterocycles. The van der Waals surface area contributed by atoms with Crippen LogP contribution in [-0.2, 0) is 23.1 Å². The normalized spacial score (nSPS) is 11.2. The minimum atomic E-state index is -4.28. The van der Waals surface area contributed by atoms with Gasteiger partial charge in [-0.1, -0.05) is 30.3 Å². The van der Waals surface area contributed by atoms with Crippen molar-refractivity contribution in [2.45, 2.75) is 24.3 Å². The number of aliphatic hydroxyl groups excluding tert-OH is 1. The summed E-state index contributed by atoms with van der Waals surface area (Å²) in [6.45, 7) is -0.611. The van der Waals surface area contributed by atoms with Gasteiger partial charge in [0.05, 0.1) is 27.1 Å². The summed E-state index contributed by atoms with van der Waals surface area (Å²) >= 11 is 0. The third-order valence-corrected chi connectivity index (χ3v) is 7.79. The lowest BCUT2D eigenvalue weighted by Crippen LogP contribution is -2.26. The second kappa shape index (κ2) is 13.7. The van der Waals surface area contributed by atoms with Crippen molar-refractivity contribution in [1.82, 2.24) is 10.6 Å². The molecule has 0 aromatic heterocycles. The fourth-order valence-electron chi connectivity index (χ4n) is 4.61. The molecule has 0 saturated heterocycles. The molecular formula is C31H26FN3O10S. The zero-order valence-electron chi connectivity index (χ0n) is 23.6. The Kier molecular flexibility index (Phi) is 9.92. The van der Waals surface area contributed by atoms with Gasteiger partial charge in [0.25, 0.3) is 11.8 Å². The van der Waals surface area contributed by atoms with Gasteiger partial charge in [-0.2, -0.15) is 0 Å². The van der Waals surface area contributed by atoms with Crippen LogP contribution in [0.15, 0.2) is 83.8 Å². The molecule has 8 N–H and O–H groups in total. The number of sulfonamides is 1.